The van der Waals surface area contributed by atoms with Crippen LogP contribution in [-0.2, 0) is 25.7 Å². The molecule has 144 valence electrons. The maximum Gasteiger partial charge on any atom is 0.416 e. The zero-order valence-electron chi connectivity index (χ0n) is 14.6. The van der Waals surface area contributed by atoms with Crippen molar-refractivity contribution in [1.29, 1.82) is 0 Å². The monoisotopic (exact) mass is 388 g/mol. The maximum absolute atomic E-state index is 13.2. The van der Waals surface area contributed by atoms with Gasteiger partial charge in [-0.05, 0) is 11.6 Å². The minimum absolute atomic E-state index is 0.0514. The Bertz CT molecular complexity index is 1050. The fraction of sp³-hybridized carbons (Fsp3) is 0.278. The number of aromatic nitrogens is 5. The number of halogens is 3. The molecule has 0 saturated carbocycles. The van der Waals surface area contributed by atoms with Crippen LogP contribution in [0.25, 0.3) is 11.4 Å². The van der Waals surface area contributed by atoms with E-state index in [-0.39, 0.29) is 24.2 Å². The molecule has 4 rings (SSSR count). The first-order valence-corrected chi connectivity index (χ1v) is 8.51. The molecule has 0 spiro atoms. The number of hydrogen-bond donors (Lipinski definition) is 1. The maximum atomic E-state index is 13.2. The van der Waals surface area contributed by atoms with E-state index in [4.69, 9.17) is 0 Å². The van der Waals surface area contributed by atoms with Crippen molar-refractivity contribution in [2.75, 3.05) is 6.54 Å². The SMILES string of the molecule is O=c1[nH]c(-c2cncnc2)nc2c1CN(Cc1cnccc1C(F)(F)F)CC2. The van der Waals surface area contributed by atoms with Gasteiger partial charge in [-0.3, -0.25) is 14.7 Å². The molecule has 0 unspecified atom stereocenters. The lowest BCUT2D eigenvalue weighted by Crippen LogP contribution is -2.36. The Morgan fingerprint density at radius 3 is 2.68 bits per heavy atom. The van der Waals surface area contributed by atoms with Crippen LogP contribution < -0.4 is 5.56 Å². The Kier molecular flexibility index (Phi) is 4.63. The molecular formula is C18H15F3N6O. The van der Waals surface area contributed by atoms with Crippen LogP contribution in [-0.4, -0.2) is 36.4 Å². The van der Waals surface area contributed by atoms with Gasteiger partial charge in [0, 0.05) is 50.8 Å². The molecule has 0 atom stereocenters. The average molecular weight is 388 g/mol. The third-order valence-corrected chi connectivity index (χ3v) is 4.58. The van der Waals surface area contributed by atoms with Crippen molar-refractivity contribution in [2.24, 2.45) is 0 Å². The summed E-state index contributed by atoms with van der Waals surface area (Å²) in [7, 11) is 0. The number of fused-ring (bicyclic) bond motifs is 1. The highest BCUT2D eigenvalue weighted by atomic mass is 19.4. The van der Waals surface area contributed by atoms with Crippen molar-refractivity contribution in [2.45, 2.75) is 25.7 Å². The predicted molar refractivity (Wildman–Crippen MR) is 92.9 cm³/mol. The van der Waals surface area contributed by atoms with Gasteiger partial charge < -0.3 is 4.98 Å². The lowest BCUT2D eigenvalue weighted by Gasteiger charge is -2.28. The fourth-order valence-corrected chi connectivity index (χ4v) is 3.24. The van der Waals surface area contributed by atoms with Gasteiger partial charge in [0.2, 0.25) is 0 Å². The summed E-state index contributed by atoms with van der Waals surface area (Å²) in [5.41, 5.74) is 0.761. The second-order valence-corrected chi connectivity index (χ2v) is 6.46. The minimum atomic E-state index is -4.45. The van der Waals surface area contributed by atoms with Gasteiger partial charge in [-0.1, -0.05) is 0 Å². The molecule has 10 heteroatoms. The third kappa shape index (κ3) is 3.63. The third-order valence-electron chi connectivity index (χ3n) is 4.58. The summed E-state index contributed by atoms with van der Waals surface area (Å²) in [5.74, 6) is 0.379. The van der Waals surface area contributed by atoms with E-state index < -0.39 is 11.7 Å². The average Bonchev–Trinajstić information content (AvgIpc) is 2.68. The Balaban J connectivity index is 1.59. The van der Waals surface area contributed by atoms with Crippen molar-refractivity contribution in [1.82, 2.24) is 29.8 Å². The molecule has 1 aliphatic heterocycles. The molecule has 0 amide bonds. The number of pyridine rings is 1. The summed E-state index contributed by atoms with van der Waals surface area (Å²) in [6.45, 7) is 0.756. The standard InChI is InChI=1S/C18H15F3N6O/c19-18(20,21)14-1-3-22-7-12(14)8-27-4-2-15-13(9-27)17(28)26-16(25-15)11-5-23-10-24-6-11/h1,3,5-7,10H,2,4,8-9H2,(H,25,26,28). The zero-order chi connectivity index (χ0) is 19.7. The van der Waals surface area contributed by atoms with Gasteiger partial charge in [-0.25, -0.2) is 15.0 Å². The number of rotatable bonds is 3. The van der Waals surface area contributed by atoms with Crippen LogP contribution in [0.5, 0.6) is 0 Å². The Labute approximate surface area is 157 Å². The van der Waals surface area contributed by atoms with E-state index >= 15 is 0 Å². The summed E-state index contributed by atoms with van der Waals surface area (Å²) < 4.78 is 39.6. The Morgan fingerprint density at radius 2 is 1.93 bits per heavy atom. The quantitative estimate of drug-likeness (QED) is 0.740. The molecular weight excluding hydrogens is 373 g/mol. The first-order chi connectivity index (χ1) is 13.4. The number of H-pyrrole nitrogens is 1. The largest absolute Gasteiger partial charge is 0.416 e. The van der Waals surface area contributed by atoms with E-state index in [0.717, 1.165) is 12.3 Å². The molecule has 0 radical (unpaired) electrons. The summed E-state index contributed by atoms with van der Waals surface area (Å²) >= 11 is 0. The van der Waals surface area contributed by atoms with Gasteiger partial charge >= 0.3 is 6.18 Å². The van der Waals surface area contributed by atoms with Crippen LogP contribution in [0.3, 0.4) is 0 Å². The molecule has 0 aromatic carbocycles. The van der Waals surface area contributed by atoms with Crippen LogP contribution in [0.2, 0.25) is 0 Å². The zero-order valence-corrected chi connectivity index (χ0v) is 14.6. The van der Waals surface area contributed by atoms with Crippen molar-refractivity contribution < 1.29 is 13.2 Å². The lowest BCUT2D eigenvalue weighted by atomic mass is 10.0. The number of nitrogens with zero attached hydrogens (tertiary/aromatic N) is 5. The van der Waals surface area contributed by atoms with Crippen molar-refractivity contribution in [3.63, 3.8) is 0 Å². The minimum Gasteiger partial charge on any atom is -0.306 e. The molecule has 1 aliphatic rings. The topological polar surface area (TPSA) is 87.7 Å². The molecule has 1 N–H and O–H groups in total. The highest BCUT2D eigenvalue weighted by Gasteiger charge is 2.34. The number of hydrogen-bond acceptors (Lipinski definition) is 6. The molecule has 3 aromatic rings. The normalized spacial score (nSPS) is 14.7. The van der Waals surface area contributed by atoms with Crippen molar-refractivity contribution in [3.05, 3.63) is 69.9 Å². The van der Waals surface area contributed by atoms with Crippen LogP contribution in [0.1, 0.15) is 22.4 Å². The molecule has 0 bridgehead atoms. The highest BCUT2D eigenvalue weighted by molar-refractivity contribution is 5.52. The number of aromatic amines is 1. The van der Waals surface area contributed by atoms with Gasteiger partial charge in [-0.15, -0.1) is 0 Å². The fourth-order valence-electron chi connectivity index (χ4n) is 3.24. The van der Waals surface area contributed by atoms with E-state index in [1.54, 1.807) is 17.3 Å². The smallest absolute Gasteiger partial charge is 0.306 e. The highest BCUT2D eigenvalue weighted by Crippen LogP contribution is 2.32. The second-order valence-electron chi connectivity index (χ2n) is 6.46. The lowest BCUT2D eigenvalue weighted by molar-refractivity contribution is -0.138. The molecule has 3 aromatic heterocycles. The molecule has 7 nitrogen and oxygen atoms in total. The molecule has 0 aliphatic carbocycles. The molecule has 28 heavy (non-hydrogen) atoms. The first-order valence-electron chi connectivity index (χ1n) is 8.51. The number of alkyl halides is 3. The summed E-state index contributed by atoms with van der Waals surface area (Å²) in [5, 5.41) is 0. The van der Waals surface area contributed by atoms with E-state index in [1.165, 1.54) is 12.5 Å². The van der Waals surface area contributed by atoms with E-state index in [1.807, 2.05) is 0 Å². The number of nitrogens with one attached hydrogen (secondary N) is 1. The summed E-state index contributed by atoms with van der Waals surface area (Å²) in [6, 6.07) is 0.968. The van der Waals surface area contributed by atoms with Gasteiger partial charge in [0.05, 0.1) is 22.4 Å². The molecule has 0 saturated heterocycles. The van der Waals surface area contributed by atoms with Crippen molar-refractivity contribution in [3.8, 4) is 11.4 Å². The summed E-state index contributed by atoms with van der Waals surface area (Å²) in [6.07, 6.45) is 2.84. The van der Waals surface area contributed by atoms with Gasteiger partial charge in [0.15, 0.2) is 0 Å². The van der Waals surface area contributed by atoms with Crippen LogP contribution in [0.4, 0.5) is 13.2 Å². The molecule has 0 fully saturated rings. The van der Waals surface area contributed by atoms with E-state index in [0.29, 0.717) is 35.6 Å². The van der Waals surface area contributed by atoms with Gasteiger partial charge in [-0.2, -0.15) is 13.2 Å². The summed E-state index contributed by atoms with van der Waals surface area (Å²) in [4.78, 5) is 33.1. The Morgan fingerprint density at radius 1 is 1.14 bits per heavy atom. The molecule has 4 heterocycles. The first kappa shape index (κ1) is 18.2. The van der Waals surface area contributed by atoms with Crippen LogP contribution in [0, 0.1) is 0 Å². The van der Waals surface area contributed by atoms with Gasteiger partial charge in [0.1, 0.15) is 12.2 Å². The van der Waals surface area contributed by atoms with E-state index in [9.17, 15) is 18.0 Å². The predicted octanol–water partition coefficient (Wildman–Crippen LogP) is 2.20. The van der Waals surface area contributed by atoms with Crippen LogP contribution >= 0.6 is 0 Å². The Hall–Kier alpha value is -3.14. The van der Waals surface area contributed by atoms with Crippen LogP contribution in [0.15, 0.2) is 42.0 Å². The van der Waals surface area contributed by atoms with E-state index in [2.05, 4.69) is 24.9 Å². The van der Waals surface area contributed by atoms with Crippen molar-refractivity contribution >= 4 is 0 Å². The van der Waals surface area contributed by atoms with Gasteiger partial charge in [0.25, 0.3) is 5.56 Å². The second kappa shape index (κ2) is 7.12.